The summed E-state index contributed by atoms with van der Waals surface area (Å²) >= 11 is 1.70. The maximum atomic E-state index is 12.7. The molecule has 0 radical (unpaired) electrons. The average molecular weight is 519 g/mol. The van der Waals surface area contributed by atoms with Gasteiger partial charge in [-0.15, -0.1) is 15.3 Å². The number of thiazole rings is 1. The highest BCUT2D eigenvalue weighted by Crippen LogP contribution is 2.34. The molecule has 0 saturated carbocycles. The fourth-order valence-electron chi connectivity index (χ4n) is 2.97. The van der Waals surface area contributed by atoms with E-state index in [1.54, 1.807) is 29.6 Å². The Morgan fingerprint density at radius 2 is 1.86 bits per heavy atom. The molecular formula is C19H13F3N10OS2. The topological polar surface area (TPSA) is 128 Å². The summed E-state index contributed by atoms with van der Waals surface area (Å²) in [5.74, 6) is -0.212. The Morgan fingerprint density at radius 1 is 1.06 bits per heavy atom. The molecular weight excluding hydrogens is 505 g/mol. The van der Waals surface area contributed by atoms with Gasteiger partial charge in [0.2, 0.25) is 22.0 Å². The van der Waals surface area contributed by atoms with Gasteiger partial charge >= 0.3 is 6.18 Å². The van der Waals surface area contributed by atoms with Crippen LogP contribution in [-0.4, -0.2) is 46.1 Å². The first kappa shape index (κ1) is 22.7. The lowest BCUT2D eigenvalue weighted by molar-refractivity contribution is -0.138. The average Bonchev–Trinajstić information content (AvgIpc) is 3.57. The van der Waals surface area contributed by atoms with E-state index in [2.05, 4.69) is 40.8 Å². The second kappa shape index (κ2) is 9.30. The summed E-state index contributed by atoms with van der Waals surface area (Å²) in [6.07, 6.45) is 0.145. The summed E-state index contributed by atoms with van der Waals surface area (Å²) in [6, 6.07) is 9.40. The zero-order valence-corrected chi connectivity index (χ0v) is 19.0. The van der Waals surface area contributed by atoms with E-state index in [1.807, 2.05) is 24.3 Å². The SMILES string of the molecule is O=C(Cn1cc(CN(c2ncccn2)c2nc3ccccc3s2)nn1)Nc1nnc(C(F)(F)F)s1. The number of alkyl halides is 3. The fourth-order valence-corrected chi connectivity index (χ4v) is 4.56. The molecule has 0 bridgehead atoms. The first-order valence-electron chi connectivity index (χ1n) is 9.85. The van der Waals surface area contributed by atoms with Crippen LogP contribution in [0.3, 0.4) is 0 Å². The largest absolute Gasteiger partial charge is 0.445 e. The zero-order valence-electron chi connectivity index (χ0n) is 17.4. The molecule has 16 heteroatoms. The van der Waals surface area contributed by atoms with Crippen LogP contribution in [0.2, 0.25) is 0 Å². The number of aromatic nitrogens is 8. The third-order valence-corrected chi connectivity index (χ3v) is 6.38. The van der Waals surface area contributed by atoms with Crippen LogP contribution in [-0.2, 0) is 24.1 Å². The van der Waals surface area contributed by atoms with E-state index in [4.69, 9.17) is 0 Å². The number of fused-ring (bicyclic) bond motifs is 1. The van der Waals surface area contributed by atoms with Gasteiger partial charge in [0.05, 0.1) is 23.0 Å². The summed E-state index contributed by atoms with van der Waals surface area (Å²) in [6.45, 7) is -0.0618. The van der Waals surface area contributed by atoms with Crippen LogP contribution in [0.5, 0.6) is 0 Å². The van der Waals surface area contributed by atoms with Gasteiger partial charge in [-0.3, -0.25) is 15.0 Å². The van der Waals surface area contributed by atoms with Crippen LogP contribution in [0, 0.1) is 0 Å². The predicted octanol–water partition coefficient (Wildman–Crippen LogP) is 3.53. The van der Waals surface area contributed by atoms with Crippen molar-refractivity contribution in [3.63, 3.8) is 0 Å². The summed E-state index contributed by atoms with van der Waals surface area (Å²) in [4.78, 5) is 27.3. The Kier molecular flexibility index (Phi) is 6.04. The van der Waals surface area contributed by atoms with E-state index in [9.17, 15) is 18.0 Å². The monoisotopic (exact) mass is 518 g/mol. The van der Waals surface area contributed by atoms with Crippen molar-refractivity contribution in [3.05, 3.63) is 59.6 Å². The van der Waals surface area contributed by atoms with E-state index in [0.717, 1.165) is 10.2 Å². The molecule has 5 rings (SSSR count). The minimum absolute atomic E-state index is 0.219. The Bertz CT molecular complexity index is 1430. The predicted molar refractivity (Wildman–Crippen MR) is 121 cm³/mol. The van der Waals surface area contributed by atoms with Crippen LogP contribution in [0.25, 0.3) is 10.2 Å². The molecule has 0 atom stereocenters. The standard InChI is InChI=1S/C19H13F3N10OS2/c20-19(21,22)15-28-29-17(35-15)26-14(33)10-31-8-11(27-30-31)9-32(16-23-6-3-7-24-16)18-25-12-4-1-2-5-13(12)34-18/h1-8H,9-10H2,(H,26,29,33). The number of carbonyl (C=O) groups excluding carboxylic acids is 1. The number of benzene rings is 1. The number of nitrogens with one attached hydrogen (secondary N) is 1. The van der Waals surface area contributed by atoms with Gasteiger partial charge in [-0.05, 0) is 18.2 Å². The number of nitrogens with zero attached hydrogens (tertiary/aromatic N) is 9. The van der Waals surface area contributed by atoms with Crippen molar-refractivity contribution in [2.45, 2.75) is 19.3 Å². The lowest BCUT2D eigenvalue weighted by atomic mass is 10.3. The molecule has 0 fully saturated rings. The fraction of sp³-hybridized carbons (Fsp3) is 0.158. The Morgan fingerprint density at radius 3 is 2.60 bits per heavy atom. The number of carbonyl (C=O) groups is 1. The number of rotatable bonds is 7. The molecule has 4 heterocycles. The molecule has 0 aliphatic heterocycles. The molecule has 178 valence electrons. The Labute approximate surface area is 202 Å². The number of hydrogen-bond acceptors (Lipinski definition) is 11. The highest BCUT2D eigenvalue weighted by molar-refractivity contribution is 7.22. The lowest BCUT2D eigenvalue weighted by Crippen LogP contribution is -2.19. The first-order valence-corrected chi connectivity index (χ1v) is 11.5. The van der Waals surface area contributed by atoms with Crippen molar-refractivity contribution < 1.29 is 18.0 Å². The molecule has 0 spiro atoms. The smallest absolute Gasteiger partial charge is 0.299 e. The van der Waals surface area contributed by atoms with Crippen molar-refractivity contribution >= 4 is 55.0 Å². The maximum Gasteiger partial charge on any atom is 0.445 e. The van der Waals surface area contributed by atoms with E-state index in [-0.39, 0.29) is 29.6 Å². The normalized spacial score (nSPS) is 11.6. The van der Waals surface area contributed by atoms with E-state index >= 15 is 0 Å². The number of hydrogen-bond donors (Lipinski definition) is 1. The molecule has 5 aromatic rings. The van der Waals surface area contributed by atoms with Gasteiger partial charge in [0.25, 0.3) is 0 Å². The van der Waals surface area contributed by atoms with Gasteiger partial charge in [-0.2, -0.15) is 13.2 Å². The third kappa shape index (κ3) is 5.22. The van der Waals surface area contributed by atoms with Crippen LogP contribution < -0.4 is 10.2 Å². The van der Waals surface area contributed by atoms with Crippen LogP contribution in [0.15, 0.2) is 48.9 Å². The highest BCUT2D eigenvalue weighted by Gasteiger charge is 2.35. The van der Waals surface area contributed by atoms with Crippen LogP contribution in [0.4, 0.5) is 29.4 Å². The molecule has 1 N–H and O–H groups in total. The van der Waals surface area contributed by atoms with Gasteiger partial charge in [0.1, 0.15) is 12.2 Å². The molecule has 35 heavy (non-hydrogen) atoms. The molecule has 0 aliphatic carbocycles. The van der Waals surface area contributed by atoms with Gasteiger partial charge < -0.3 is 0 Å². The maximum absolute atomic E-state index is 12.7. The van der Waals surface area contributed by atoms with Gasteiger partial charge in [0.15, 0.2) is 5.13 Å². The Balaban J connectivity index is 1.31. The summed E-state index contributed by atoms with van der Waals surface area (Å²) in [7, 11) is 0. The van der Waals surface area contributed by atoms with Gasteiger partial charge in [0, 0.05) is 12.4 Å². The number of halogens is 3. The molecule has 4 aromatic heterocycles. The Hall–Kier alpha value is -4.05. The molecule has 0 aliphatic rings. The molecule has 11 nitrogen and oxygen atoms in total. The van der Waals surface area contributed by atoms with Gasteiger partial charge in [-0.1, -0.05) is 40.0 Å². The van der Waals surface area contributed by atoms with Crippen LogP contribution in [0.1, 0.15) is 10.7 Å². The second-order valence-electron chi connectivity index (χ2n) is 6.96. The van der Waals surface area contributed by atoms with E-state index in [0.29, 0.717) is 16.8 Å². The highest BCUT2D eigenvalue weighted by atomic mass is 32.1. The minimum Gasteiger partial charge on any atom is -0.299 e. The summed E-state index contributed by atoms with van der Waals surface area (Å²) < 4.78 is 40.2. The van der Waals surface area contributed by atoms with E-state index in [1.165, 1.54) is 16.0 Å². The van der Waals surface area contributed by atoms with Gasteiger partial charge in [-0.25, -0.2) is 19.6 Å². The summed E-state index contributed by atoms with van der Waals surface area (Å²) in [5, 5.41) is 15.9. The van der Waals surface area contributed by atoms with E-state index < -0.39 is 17.1 Å². The van der Waals surface area contributed by atoms with Crippen molar-refractivity contribution in [3.8, 4) is 0 Å². The minimum atomic E-state index is -4.63. The van der Waals surface area contributed by atoms with Crippen LogP contribution >= 0.6 is 22.7 Å². The lowest BCUT2D eigenvalue weighted by Gasteiger charge is -2.17. The molecule has 0 saturated heterocycles. The molecule has 1 amide bonds. The number of amides is 1. The summed E-state index contributed by atoms with van der Waals surface area (Å²) in [5.41, 5.74) is 1.33. The van der Waals surface area contributed by atoms with Crippen molar-refractivity contribution in [2.75, 3.05) is 10.2 Å². The van der Waals surface area contributed by atoms with Crippen molar-refractivity contribution in [1.29, 1.82) is 0 Å². The molecule has 1 aromatic carbocycles. The first-order chi connectivity index (χ1) is 16.8. The second-order valence-corrected chi connectivity index (χ2v) is 8.95. The van der Waals surface area contributed by atoms with Crippen molar-refractivity contribution in [2.24, 2.45) is 0 Å². The number of para-hydroxylation sites is 1. The van der Waals surface area contributed by atoms with Crippen molar-refractivity contribution in [1.82, 2.24) is 40.1 Å². The quantitative estimate of drug-likeness (QED) is 0.344. The number of anilines is 3. The zero-order chi connectivity index (χ0) is 24.4. The third-order valence-electron chi connectivity index (χ3n) is 4.43. The molecule has 0 unspecified atom stereocenters.